The van der Waals surface area contributed by atoms with Crippen LogP contribution in [0.2, 0.25) is 5.02 Å². The maximum atomic E-state index is 12.9. The average molecular weight is 532 g/mol. The van der Waals surface area contributed by atoms with E-state index in [0.717, 1.165) is 54.8 Å². The molecular weight excluding hydrogens is 502 g/mol. The second-order valence-electron chi connectivity index (χ2n) is 9.06. The van der Waals surface area contributed by atoms with Gasteiger partial charge in [0.25, 0.3) is 0 Å². The number of carbonyl (C=O) groups is 1. The van der Waals surface area contributed by atoms with E-state index in [9.17, 15) is 4.79 Å². The van der Waals surface area contributed by atoms with Gasteiger partial charge in [-0.1, -0.05) is 71.9 Å². The highest BCUT2D eigenvalue weighted by Crippen LogP contribution is 2.32. The van der Waals surface area contributed by atoms with Gasteiger partial charge in [-0.25, -0.2) is 0 Å². The number of anilines is 1. The van der Waals surface area contributed by atoms with Crippen LogP contribution < -0.4 is 4.90 Å². The fraction of sp³-hybridized carbons (Fsp3) is 0.276. The van der Waals surface area contributed by atoms with Crippen molar-refractivity contribution in [2.75, 3.05) is 36.8 Å². The summed E-state index contributed by atoms with van der Waals surface area (Å²) < 4.78 is 2.04. The number of thioether (sulfide) groups is 1. The van der Waals surface area contributed by atoms with Crippen LogP contribution in [0.4, 0.5) is 5.69 Å². The van der Waals surface area contributed by atoms with E-state index in [1.54, 1.807) is 11.8 Å². The number of hydrogen-bond acceptors (Lipinski definition) is 5. The normalized spacial score (nSPS) is 13.7. The molecule has 0 saturated carbocycles. The van der Waals surface area contributed by atoms with Gasteiger partial charge in [0, 0.05) is 55.3 Å². The Labute approximate surface area is 227 Å². The minimum atomic E-state index is 0.228. The van der Waals surface area contributed by atoms with E-state index in [2.05, 4.69) is 46.3 Å². The highest BCUT2D eigenvalue weighted by molar-refractivity contribution is 7.99. The molecule has 1 aliphatic rings. The van der Waals surface area contributed by atoms with E-state index in [-0.39, 0.29) is 5.91 Å². The summed E-state index contributed by atoms with van der Waals surface area (Å²) in [6.45, 7) is 5.42. The first-order valence-electron chi connectivity index (χ1n) is 12.6. The molecule has 1 saturated heterocycles. The number of halogens is 1. The van der Waals surface area contributed by atoms with Gasteiger partial charge in [-0.3, -0.25) is 9.36 Å². The number of carbonyl (C=O) groups excluding carboxylic acids is 1. The van der Waals surface area contributed by atoms with Gasteiger partial charge in [0.15, 0.2) is 11.0 Å². The van der Waals surface area contributed by atoms with Crippen LogP contribution >= 0.6 is 23.4 Å². The molecule has 0 aliphatic carbocycles. The van der Waals surface area contributed by atoms with Crippen LogP contribution in [-0.4, -0.2) is 57.5 Å². The maximum absolute atomic E-state index is 12.9. The molecule has 8 heteroatoms. The third-order valence-electron chi connectivity index (χ3n) is 6.62. The lowest BCUT2D eigenvalue weighted by molar-refractivity contribution is -0.131. The van der Waals surface area contributed by atoms with Crippen LogP contribution in [0.25, 0.3) is 17.1 Å². The van der Waals surface area contributed by atoms with Gasteiger partial charge < -0.3 is 9.80 Å². The first-order valence-corrected chi connectivity index (χ1v) is 13.9. The van der Waals surface area contributed by atoms with Crippen molar-refractivity contribution in [3.05, 3.63) is 89.4 Å². The highest BCUT2D eigenvalue weighted by atomic mass is 35.5. The molecule has 0 bridgehead atoms. The van der Waals surface area contributed by atoms with E-state index in [1.807, 2.05) is 64.1 Å². The van der Waals surface area contributed by atoms with E-state index < -0.39 is 0 Å². The Morgan fingerprint density at radius 2 is 1.59 bits per heavy atom. The van der Waals surface area contributed by atoms with Crippen molar-refractivity contribution >= 4 is 35.0 Å². The quantitative estimate of drug-likeness (QED) is 0.202. The molecule has 37 heavy (non-hydrogen) atoms. The molecule has 0 N–H and O–H groups in total. The molecule has 0 unspecified atom stereocenters. The molecule has 2 heterocycles. The van der Waals surface area contributed by atoms with E-state index in [0.29, 0.717) is 17.3 Å². The van der Waals surface area contributed by atoms with Crippen molar-refractivity contribution in [3.8, 4) is 17.1 Å². The van der Waals surface area contributed by atoms with Gasteiger partial charge >= 0.3 is 0 Å². The van der Waals surface area contributed by atoms with Crippen molar-refractivity contribution in [3.63, 3.8) is 0 Å². The summed E-state index contributed by atoms with van der Waals surface area (Å²) in [5.74, 6) is 1.72. The highest BCUT2D eigenvalue weighted by Gasteiger charge is 2.22. The van der Waals surface area contributed by atoms with Gasteiger partial charge in [-0.2, -0.15) is 0 Å². The third-order valence-corrected chi connectivity index (χ3v) is 7.96. The van der Waals surface area contributed by atoms with Gasteiger partial charge in [-0.05, 0) is 49.2 Å². The van der Waals surface area contributed by atoms with Crippen LogP contribution in [0.5, 0.6) is 0 Å². The largest absolute Gasteiger partial charge is 0.368 e. The van der Waals surface area contributed by atoms with Crippen LogP contribution in [0.15, 0.2) is 84.0 Å². The summed E-state index contributed by atoms with van der Waals surface area (Å²) >= 11 is 8.10. The summed E-state index contributed by atoms with van der Waals surface area (Å²) in [5, 5.41) is 10.4. The number of rotatable bonds is 8. The molecule has 0 radical (unpaired) electrons. The molecule has 6 nitrogen and oxygen atoms in total. The Hall–Kier alpha value is -3.29. The number of amides is 1. The molecule has 0 atom stereocenters. The minimum Gasteiger partial charge on any atom is -0.368 e. The average Bonchev–Trinajstić information content (AvgIpc) is 3.35. The predicted octanol–water partition coefficient (Wildman–Crippen LogP) is 6.12. The molecule has 1 aliphatic heterocycles. The number of benzene rings is 3. The lowest BCUT2D eigenvalue weighted by Gasteiger charge is -2.36. The zero-order valence-electron chi connectivity index (χ0n) is 20.9. The smallest absolute Gasteiger partial charge is 0.222 e. The lowest BCUT2D eigenvalue weighted by atomic mass is 10.1. The summed E-state index contributed by atoms with van der Waals surface area (Å²) in [6, 6.07) is 26.2. The van der Waals surface area contributed by atoms with Crippen LogP contribution in [0.3, 0.4) is 0 Å². The Balaban J connectivity index is 1.18. The zero-order chi connectivity index (χ0) is 25.6. The van der Waals surface area contributed by atoms with Gasteiger partial charge in [0.2, 0.25) is 5.91 Å². The molecule has 5 rings (SSSR count). The summed E-state index contributed by atoms with van der Waals surface area (Å²) in [5.41, 5.74) is 4.37. The molecule has 1 amide bonds. The van der Waals surface area contributed by atoms with Gasteiger partial charge in [0.05, 0.1) is 5.02 Å². The zero-order valence-corrected chi connectivity index (χ0v) is 22.5. The SMILES string of the molecule is Cc1ccccc1N1CCN(C(=O)CCCSc2nnc(-c3ccccc3Cl)n2-c2ccccc2)CC1. The minimum absolute atomic E-state index is 0.228. The topological polar surface area (TPSA) is 54.3 Å². The van der Waals surface area contributed by atoms with Crippen molar-refractivity contribution in [2.45, 2.75) is 24.9 Å². The van der Waals surface area contributed by atoms with Crippen LogP contribution in [0, 0.1) is 6.92 Å². The lowest BCUT2D eigenvalue weighted by Crippen LogP contribution is -2.49. The van der Waals surface area contributed by atoms with Gasteiger partial charge in [0.1, 0.15) is 0 Å². The molecule has 3 aromatic carbocycles. The molecule has 1 aromatic heterocycles. The van der Waals surface area contributed by atoms with E-state index >= 15 is 0 Å². The van der Waals surface area contributed by atoms with Crippen molar-refractivity contribution in [2.24, 2.45) is 0 Å². The van der Waals surface area contributed by atoms with Crippen LogP contribution in [-0.2, 0) is 4.79 Å². The first kappa shape index (κ1) is 25.4. The number of nitrogens with zero attached hydrogens (tertiary/aromatic N) is 5. The number of aryl methyl sites for hydroxylation is 1. The number of aromatic nitrogens is 3. The Kier molecular flexibility index (Phi) is 8.12. The number of hydrogen-bond donors (Lipinski definition) is 0. The Morgan fingerprint density at radius 1 is 0.892 bits per heavy atom. The second kappa shape index (κ2) is 11.8. The Bertz CT molecular complexity index is 1350. The van der Waals surface area contributed by atoms with Gasteiger partial charge in [-0.15, -0.1) is 10.2 Å². The fourth-order valence-corrected chi connectivity index (χ4v) is 5.76. The standard InChI is InChI=1S/C29H30ClN5OS/c1-22-10-5-8-15-26(22)33-17-19-34(20-18-33)27(36)16-9-21-37-29-32-31-28(24-13-6-7-14-25(24)30)35(29)23-11-3-2-4-12-23/h2-8,10-15H,9,16-21H2,1H3. The third kappa shape index (κ3) is 5.84. The fourth-order valence-electron chi connectivity index (χ4n) is 4.65. The second-order valence-corrected chi connectivity index (χ2v) is 10.5. The summed E-state index contributed by atoms with van der Waals surface area (Å²) in [6.07, 6.45) is 1.32. The monoisotopic (exact) mass is 531 g/mol. The first-order chi connectivity index (χ1) is 18.1. The van der Waals surface area contributed by atoms with E-state index in [1.165, 1.54) is 11.3 Å². The van der Waals surface area contributed by atoms with Crippen molar-refractivity contribution in [1.29, 1.82) is 0 Å². The van der Waals surface area contributed by atoms with Crippen molar-refractivity contribution < 1.29 is 4.79 Å². The number of piperazine rings is 1. The molecule has 0 spiro atoms. The van der Waals surface area contributed by atoms with Crippen LogP contribution in [0.1, 0.15) is 18.4 Å². The maximum Gasteiger partial charge on any atom is 0.222 e. The molecule has 190 valence electrons. The molecule has 1 fully saturated rings. The van der Waals surface area contributed by atoms with Crippen molar-refractivity contribution in [1.82, 2.24) is 19.7 Å². The summed E-state index contributed by atoms with van der Waals surface area (Å²) in [4.78, 5) is 17.3. The predicted molar refractivity (Wildman–Crippen MR) is 152 cm³/mol. The molecule has 4 aromatic rings. The number of para-hydroxylation sites is 2. The molecular formula is C29H30ClN5OS. The summed E-state index contributed by atoms with van der Waals surface area (Å²) in [7, 11) is 0. The van der Waals surface area contributed by atoms with E-state index in [4.69, 9.17) is 11.6 Å². The Morgan fingerprint density at radius 3 is 2.35 bits per heavy atom.